The molecule has 0 unspecified atom stereocenters. The molecule has 0 aromatic carbocycles. The minimum Gasteiger partial charge on any atom is -0.294 e. The molecular formula is C12H18N4O. The minimum atomic E-state index is -0.00588. The molecule has 0 aliphatic heterocycles. The highest BCUT2D eigenvalue weighted by Gasteiger charge is 2.12. The molecule has 0 atom stereocenters. The van der Waals surface area contributed by atoms with Crippen molar-refractivity contribution >= 4 is 11.9 Å². The van der Waals surface area contributed by atoms with E-state index in [9.17, 15) is 4.79 Å². The van der Waals surface area contributed by atoms with Gasteiger partial charge in [-0.25, -0.2) is 4.68 Å². The first-order valence-corrected chi connectivity index (χ1v) is 6.00. The number of aromatic nitrogens is 3. The molecule has 1 aromatic heterocycles. The normalized spacial score (nSPS) is 15.5. The number of carbonyl (C=O) groups excluding carboxylic acids is 1. The minimum absolute atomic E-state index is 0.00588. The van der Waals surface area contributed by atoms with Crippen molar-refractivity contribution in [2.75, 3.05) is 5.32 Å². The number of carbonyl (C=O) groups is 1. The van der Waals surface area contributed by atoms with Gasteiger partial charge in [-0.15, -0.1) is 0 Å². The van der Waals surface area contributed by atoms with Crippen LogP contribution in [-0.2, 0) is 11.8 Å². The molecule has 1 aromatic rings. The van der Waals surface area contributed by atoms with Crippen LogP contribution < -0.4 is 5.32 Å². The molecule has 0 fully saturated rings. The predicted molar refractivity (Wildman–Crippen MR) is 65.5 cm³/mol. The van der Waals surface area contributed by atoms with Crippen LogP contribution in [0, 0.1) is 6.92 Å². The summed E-state index contributed by atoms with van der Waals surface area (Å²) in [6.45, 7) is 1.80. The number of nitrogens with zero attached hydrogens (tertiary/aromatic N) is 3. The molecule has 5 heteroatoms. The van der Waals surface area contributed by atoms with E-state index in [4.69, 9.17) is 0 Å². The smallest absolute Gasteiger partial charge is 0.230 e. The van der Waals surface area contributed by atoms with Gasteiger partial charge in [-0.1, -0.05) is 11.6 Å². The van der Waals surface area contributed by atoms with Gasteiger partial charge in [0.2, 0.25) is 11.9 Å². The Morgan fingerprint density at radius 3 is 2.94 bits per heavy atom. The summed E-state index contributed by atoms with van der Waals surface area (Å²) < 4.78 is 1.59. The lowest BCUT2D eigenvalue weighted by atomic mass is 9.97. The maximum atomic E-state index is 11.8. The summed E-state index contributed by atoms with van der Waals surface area (Å²) in [5.41, 5.74) is 1.24. The van der Waals surface area contributed by atoms with Crippen molar-refractivity contribution in [3.63, 3.8) is 0 Å². The van der Waals surface area contributed by atoms with Crippen molar-refractivity contribution < 1.29 is 4.79 Å². The van der Waals surface area contributed by atoms with E-state index in [1.807, 2.05) is 0 Å². The molecule has 92 valence electrons. The molecule has 2 rings (SSSR count). The Bertz CT molecular complexity index is 447. The number of aryl methyl sites for hydroxylation is 2. The number of nitrogens with one attached hydrogen (secondary N) is 1. The third kappa shape index (κ3) is 3.15. The molecule has 1 aliphatic rings. The summed E-state index contributed by atoms with van der Waals surface area (Å²) in [6, 6.07) is 0. The van der Waals surface area contributed by atoms with Gasteiger partial charge in [-0.2, -0.15) is 10.1 Å². The standard InChI is InChI=1S/C12H18N4O/c1-9-13-12(16(2)15-9)14-11(17)8-10-6-4-3-5-7-10/h6H,3-5,7-8H2,1-2H3,(H,13,14,15,17). The third-order valence-electron chi connectivity index (χ3n) is 2.89. The van der Waals surface area contributed by atoms with E-state index in [1.165, 1.54) is 18.4 Å². The fourth-order valence-electron chi connectivity index (χ4n) is 2.06. The fourth-order valence-corrected chi connectivity index (χ4v) is 2.06. The molecule has 0 saturated heterocycles. The SMILES string of the molecule is Cc1nc(NC(=O)CC2=CCCCC2)n(C)n1. The van der Waals surface area contributed by atoms with Gasteiger partial charge >= 0.3 is 0 Å². The predicted octanol–water partition coefficient (Wildman–Crippen LogP) is 1.95. The fraction of sp³-hybridized carbons (Fsp3) is 0.583. The van der Waals surface area contributed by atoms with Crippen LogP contribution in [0.25, 0.3) is 0 Å². The van der Waals surface area contributed by atoms with E-state index in [0.29, 0.717) is 18.2 Å². The van der Waals surface area contributed by atoms with Crippen molar-refractivity contribution in [2.24, 2.45) is 7.05 Å². The number of amides is 1. The lowest BCUT2D eigenvalue weighted by molar-refractivity contribution is -0.115. The highest BCUT2D eigenvalue weighted by atomic mass is 16.1. The van der Waals surface area contributed by atoms with Crippen LogP contribution in [0.1, 0.15) is 37.9 Å². The molecule has 5 nitrogen and oxygen atoms in total. The van der Waals surface area contributed by atoms with E-state index in [0.717, 1.165) is 12.8 Å². The van der Waals surface area contributed by atoms with Crippen LogP contribution in [0.2, 0.25) is 0 Å². The van der Waals surface area contributed by atoms with Gasteiger partial charge in [0.05, 0.1) is 0 Å². The van der Waals surface area contributed by atoms with E-state index >= 15 is 0 Å². The van der Waals surface area contributed by atoms with Crippen molar-refractivity contribution in [2.45, 2.75) is 39.0 Å². The van der Waals surface area contributed by atoms with Gasteiger partial charge in [0.25, 0.3) is 0 Å². The second-order valence-electron chi connectivity index (χ2n) is 4.44. The Kier molecular flexibility index (Phi) is 3.56. The molecule has 0 radical (unpaired) electrons. The van der Waals surface area contributed by atoms with Crippen LogP contribution in [0.15, 0.2) is 11.6 Å². The first-order valence-electron chi connectivity index (χ1n) is 6.00. The van der Waals surface area contributed by atoms with E-state index < -0.39 is 0 Å². The first-order chi connectivity index (χ1) is 8.15. The zero-order valence-electron chi connectivity index (χ0n) is 10.4. The summed E-state index contributed by atoms with van der Waals surface area (Å²) in [6.07, 6.45) is 7.25. The van der Waals surface area contributed by atoms with Crippen LogP contribution in [0.3, 0.4) is 0 Å². The zero-order chi connectivity index (χ0) is 12.3. The molecule has 0 spiro atoms. The van der Waals surface area contributed by atoms with Crippen LogP contribution in [-0.4, -0.2) is 20.7 Å². The molecular weight excluding hydrogens is 216 g/mol. The Morgan fingerprint density at radius 2 is 2.35 bits per heavy atom. The summed E-state index contributed by atoms with van der Waals surface area (Å²) in [5, 5.41) is 6.88. The quantitative estimate of drug-likeness (QED) is 0.813. The van der Waals surface area contributed by atoms with Crippen LogP contribution in [0.5, 0.6) is 0 Å². The average Bonchev–Trinajstić information content (AvgIpc) is 2.58. The number of anilines is 1. The van der Waals surface area contributed by atoms with Gasteiger partial charge in [-0.3, -0.25) is 10.1 Å². The molecule has 1 aliphatic carbocycles. The third-order valence-corrected chi connectivity index (χ3v) is 2.89. The highest BCUT2D eigenvalue weighted by Crippen LogP contribution is 2.20. The van der Waals surface area contributed by atoms with Gasteiger partial charge in [0, 0.05) is 13.5 Å². The molecule has 17 heavy (non-hydrogen) atoms. The Labute approximate surface area is 101 Å². The lowest BCUT2D eigenvalue weighted by Gasteiger charge is -2.12. The van der Waals surface area contributed by atoms with Crippen molar-refractivity contribution in [3.8, 4) is 0 Å². The topological polar surface area (TPSA) is 59.8 Å². The van der Waals surface area contributed by atoms with Crippen LogP contribution in [0.4, 0.5) is 5.95 Å². The monoisotopic (exact) mass is 234 g/mol. The average molecular weight is 234 g/mol. The van der Waals surface area contributed by atoms with Gasteiger partial charge in [0.15, 0.2) is 0 Å². The first kappa shape index (κ1) is 11.8. The maximum Gasteiger partial charge on any atom is 0.230 e. The highest BCUT2D eigenvalue weighted by molar-refractivity contribution is 5.90. The van der Waals surface area contributed by atoms with Crippen molar-refractivity contribution in [1.82, 2.24) is 14.8 Å². The van der Waals surface area contributed by atoms with E-state index in [1.54, 1.807) is 18.7 Å². The second-order valence-corrected chi connectivity index (χ2v) is 4.44. The molecule has 0 saturated carbocycles. The maximum absolute atomic E-state index is 11.8. The summed E-state index contributed by atoms with van der Waals surface area (Å²) in [4.78, 5) is 16.0. The number of hydrogen-bond acceptors (Lipinski definition) is 3. The Hall–Kier alpha value is -1.65. The summed E-state index contributed by atoms with van der Waals surface area (Å²) >= 11 is 0. The summed E-state index contributed by atoms with van der Waals surface area (Å²) in [5.74, 6) is 1.18. The second kappa shape index (κ2) is 5.12. The van der Waals surface area contributed by atoms with E-state index in [2.05, 4.69) is 21.5 Å². The molecule has 1 heterocycles. The Morgan fingerprint density at radius 1 is 1.53 bits per heavy atom. The molecule has 0 bridgehead atoms. The number of hydrogen-bond donors (Lipinski definition) is 1. The van der Waals surface area contributed by atoms with Gasteiger partial charge < -0.3 is 0 Å². The van der Waals surface area contributed by atoms with Gasteiger partial charge in [0.1, 0.15) is 5.82 Å². The van der Waals surface area contributed by atoms with Crippen LogP contribution >= 0.6 is 0 Å². The number of rotatable bonds is 3. The Balaban J connectivity index is 1.93. The largest absolute Gasteiger partial charge is 0.294 e. The lowest BCUT2D eigenvalue weighted by Crippen LogP contribution is -2.16. The summed E-state index contributed by atoms with van der Waals surface area (Å²) in [7, 11) is 1.77. The van der Waals surface area contributed by atoms with E-state index in [-0.39, 0.29) is 5.91 Å². The van der Waals surface area contributed by atoms with Crippen molar-refractivity contribution in [3.05, 3.63) is 17.5 Å². The molecule has 1 amide bonds. The zero-order valence-corrected chi connectivity index (χ0v) is 10.4. The molecule has 1 N–H and O–H groups in total. The van der Waals surface area contributed by atoms with Gasteiger partial charge in [-0.05, 0) is 32.6 Å². The number of allylic oxidation sites excluding steroid dienone is 1. The van der Waals surface area contributed by atoms with Crippen molar-refractivity contribution in [1.29, 1.82) is 0 Å².